The van der Waals surface area contributed by atoms with Gasteiger partial charge in [-0.15, -0.1) is 24.8 Å². The average Bonchev–Trinajstić information content (AvgIpc) is 2.78. The molecule has 0 radical (unpaired) electrons. The Bertz CT molecular complexity index is 1040. The van der Waals surface area contributed by atoms with Crippen molar-refractivity contribution in [2.75, 3.05) is 50.1 Å². The Balaban J connectivity index is 0.00000181. The van der Waals surface area contributed by atoms with Gasteiger partial charge in [-0.25, -0.2) is 0 Å². The molecule has 0 saturated carbocycles. The molecule has 1 aromatic heterocycles. The molecule has 2 heterocycles. The zero-order valence-electron chi connectivity index (χ0n) is 18.4. The predicted octanol–water partition coefficient (Wildman–Crippen LogP) is 5.09. The van der Waals surface area contributed by atoms with Crippen LogP contribution < -0.4 is 10.2 Å². The first kappa shape index (κ1) is 26.1. The maximum Gasteiger partial charge on any atom is 0.260 e. The number of nitrogens with zero attached hydrogens (tertiary/aromatic N) is 3. The molecule has 4 rings (SSSR count). The van der Waals surface area contributed by atoms with E-state index in [1.807, 2.05) is 13.0 Å². The Morgan fingerprint density at radius 1 is 1.00 bits per heavy atom. The van der Waals surface area contributed by atoms with Crippen LogP contribution >= 0.6 is 37.0 Å². The number of rotatable bonds is 5. The van der Waals surface area contributed by atoms with E-state index in [-0.39, 0.29) is 24.8 Å². The molecule has 0 amide bonds. The fourth-order valence-electron chi connectivity index (χ4n) is 4.03. The van der Waals surface area contributed by atoms with Crippen molar-refractivity contribution in [3.8, 4) is 0 Å². The van der Waals surface area contributed by atoms with Crippen LogP contribution in [0, 0.1) is 6.92 Å². The molecule has 2 aromatic carbocycles. The van der Waals surface area contributed by atoms with Crippen molar-refractivity contribution in [3.63, 3.8) is 0 Å². The number of methoxy groups -OCH3 is 1. The molecule has 8 heteroatoms. The Hall–Kier alpha value is -2.12. The summed E-state index contributed by atoms with van der Waals surface area (Å²) in [6.07, 6.45) is 0.979. The van der Waals surface area contributed by atoms with Crippen LogP contribution in [0.2, 0.25) is 0 Å². The number of pyridine rings is 1. The molecule has 1 saturated heterocycles. The minimum absolute atomic E-state index is 0. The fraction of sp³-hybridized carbons (Fsp3) is 0.333. The van der Waals surface area contributed by atoms with E-state index in [9.17, 15) is 0 Å². The summed E-state index contributed by atoms with van der Waals surface area (Å²) in [5, 5.41) is 4.81. The highest BCUT2D eigenvalue weighted by molar-refractivity contribution is 7.80. The van der Waals surface area contributed by atoms with Crippen LogP contribution in [0.3, 0.4) is 0 Å². The van der Waals surface area contributed by atoms with E-state index >= 15 is 0 Å². The van der Waals surface area contributed by atoms with Crippen molar-refractivity contribution < 1.29 is 4.74 Å². The number of hydrogen-bond donors (Lipinski definition) is 1. The zero-order chi connectivity index (χ0) is 20.9. The number of nitrogens with one attached hydrogen (secondary N) is 1. The second-order valence-electron chi connectivity index (χ2n) is 7.65. The molecule has 1 aliphatic heterocycles. The van der Waals surface area contributed by atoms with E-state index in [4.69, 9.17) is 17.0 Å². The van der Waals surface area contributed by atoms with Crippen molar-refractivity contribution in [1.82, 2.24) is 9.88 Å². The second-order valence-corrected chi connectivity index (χ2v) is 8.02. The molecule has 3 aromatic rings. The molecule has 1 fully saturated rings. The van der Waals surface area contributed by atoms with Crippen molar-refractivity contribution in [2.24, 2.45) is 0 Å². The van der Waals surface area contributed by atoms with Crippen LogP contribution in [0.25, 0.3) is 10.9 Å². The summed E-state index contributed by atoms with van der Waals surface area (Å²) in [6.45, 7) is 7.24. The van der Waals surface area contributed by atoms with Crippen LogP contribution in [-0.2, 0) is 11.2 Å². The highest BCUT2D eigenvalue weighted by Crippen LogP contribution is 2.27. The van der Waals surface area contributed by atoms with Gasteiger partial charge in [-0.3, -0.25) is 9.88 Å². The molecule has 5 nitrogen and oxygen atoms in total. The van der Waals surface area contributed by atoms with E-state index in [1.54, 1.807) is 7.11 Å². The topological polar surface area (TPSA) is 40.6 Å². The third-order valence-corrected chi connectivity index (χ3v) is 5.97. The van der Waals surface area contributed by atoms with Crippen LogP contribution in [-0.4, -0.2) is 54.9 Å². The maximum absolute atomic E-state index is 5.15. The van der Waals surface area contributed by atoms with E-state index in [0.29, 0.717) is 5.17 Å². The average molecular weight is 494 g/mol. The molecular formula is C24H30Cl2N4OS. The Morgan fingerprint density at radius 3 is 2.50 bits per heavy atom. The minimum Gasteiger partial charge on any atom is -0.474 e. The highest BCUT2D eigenvalue weighted by Gasteiger charge is 2.19. The molecule has 1 aliphatic rings. The van der Waals surface area contributed by atoms with Gasteiger partial charge in [0.25, 0.3) is 5.17 Å². The van der Waals surface area contributed by atoms with E-state index in [0.717, 1.165) is 56.0 Å². The van der Waals surface area contributed by atoms with Crippen LogP contribution in [0.15, 0.2) is 54.6 Å². The largest absolute Gasteiger partial charge is 0.474 e. The molecular weight excluding hydrogens is 463 g/mol. The van der Waals surface area contributed by atoms with Gasteiger partial charge in [0.05, 0.1) is 12.6 Å². The maximum atomic E-state index is 5.15. The number of aromatic nitrogens is 1. The predicted molar refractivity (Wildman–Crippen MR) is 143 cm³/mol. The van der Waals surface area contributed by atoms with Gasteiger partial charge in [0, 0.05) is 55.2 Å². The number of piperazine rings is 1. The van der Waals surface area contributed by atoms with Gasteiger partial charge in [-0.2, -0.15) is 0 Å². The monoisotopic (exact) mass is 492 g/mol. The zero-order valence-corrected chi connectivity index (χ0v) is 20.9. The van der Waals surface area contributed by atoms with E-state index in [2.05, 4.69) is 68.6 Å². The molecule has 0 aliphatic carbocycles. The summed E-state index contributed by atoms with van der Waals surface area (Å²) in [4.78, 5) is 9.71. The molecule has 0 unspecified atom stereocenters. The van der Waals surface area contributed by atoms with E-state index < -0.39 is 0 Å². The lowest BCUT2D eigenvalue weighted by Gasteiger charge is -2.36. The van der Waals surface area contributed by atoms with Crippen LogP contribution in [0.5, 0.6) is 0 Å². The summed E-state index contributed by atoms with van der Waals surface area (Å²) >= 11 is 5.15. The first-order valence-corrected chi connectivity index (χ1v) is 10.8. The summed E-state index contributed by atoms with van der Waals surface area (Å²) in [5.41, 5.74) is 5.72. The third-order valence-electron chi connectivity index (χ3n) is 5.70. The third kappa shape index (κ3) is 6.23. The number of hydrogen-bond acceptors (Lipinski definition) is 5. The highest BCUT2D eigenvalue weighted by atomic mass is 35.5. The number of aryl methyl sites for hydroxylation is 1. The first-order valence-electron chi connectivity index (χ1n) is 10.4. The molecule has 0 atom stereocenters. The van der Waals surface area contributed by atoms with E-state index in [1.165, 1.54) is 16.6 Å². The van der Waals surface area contributed by atoms with Gasteiger partial charge < -0.3 is 15.0 Å². The number of thiocarbonyl (C=S) groups is 1. The molecule has 0 bridgehead atoms. The van der Waals surface area contributed by atoms with Crippen LogP contribution in [0.1, 0.15) is 11.3 Å². The summed E-state index contributed by atoms with van der Waals surface area (Å²) in [7, 11) is 1.59. The number of para-hydroxylation sites is 1. The molecule has 172 valence electrons. The molecule has 32 heavy (non-hydrogen) atoms. The smallest absolute Gasteiger partial charge is 0.260 e. The molecule has 1 N–H and O–H groups in total. The van der Waals surface area contributed by atoms with Gasteiger partial charge >= 0.3 is 0 Å². The van der Waals surface area contributed by atoms with Crippen molar-refractivity contribution in [1.29, 1.82) is 0 Å². The van der Waals surface area contributed by atoms with Gasteiger partial charge in [0.2, 0.25) is 0 Å². The van der Waals surface area contributed by atoms with Gasteiger partial charge in [-0.05, 0) is 61.5 Å². The lowest BCUT2D eigenvalue weighted by molar-refractivity contribution is 0.261. The quantitative estimate of drug-likeness (QED) is 0.499. The lowest BCUT2D eigenvalue weighted by Crippen LogP contribution is -2.47. The Morgan fingerprint density at radius 2 is 1.75 bits per heavy atom. The summed E-state index contributed by atoms with van der Waals surface area (Å²) < 4.78 is 5.09. The van der Waals surface area contributed by atoms with Crippen LogP contribution in [0.4, 0.5) is 11.4 Å². The number of anilines is 2. The number of benzene rings is 2. The second kappa shape index (κ2) is 12.2. The van der Waals surface area contributed by atoms with Gasteiger partial charge in [-0.1, -0.05) is 24.3 Å². The first-order chi connectivity index (χ1) is 14.6. The number of halogens is 2. The molecule has 0 spiro atoms. The van der Waals surface area contributed by atoms with Crippen molar-refractivity contribution >= 4 is 64.5 Å². The Labute approximate surface area is 208 Å². The normalized spacial score (nSPS) is 13.8. The van der Waals surface area contributed by atoms with Gasteiger partial charge in [0.15, 0.2) is 0 Å². The van der Waals surface area contributed by atoms with Crippen molar-refractivity contribution in [2.45, 2.75) is 13.3 Å². The van der Waals surface area contributed by atoms with Gasteiger partial charge in [0.1, 0.15) is 0 Å². The number of fused-ring (bicyclic) bond motifs is 1. The number of ether oxygens (including phenoxy) is 1. The summed E-state index contributed by atoms with van der Waals surface area (Å²) in [6, 6.07) is 19.0. The fourth-order valence-corrected chi connectivity index (χ4v) is 4.14. The standard InChI is InChI=1S/C24H28N4OS.2ClH/c1-18-10-11-20-22(25-18)8-5-9-23(20)28-16-14-27(15-17-28)13-12-19-6-3-4-7-21(19)26-24(30)29-2;;/h3-11H,12-17H2,1-2H3,(H,26,30);2*1H. The SMILES string of the molecule is COC(=S)Nc1ccccc1CCN1CCN(c2cccc3nc(C)ccc23)CC1.Cl.Cl. The van der Waals surface area contributed by atoms with Crippen molar-refractivity contribution in [3.05, 3.63) is 65.9 Å². The summed E-state index contributed by atoms with van der Waals surface area (Å²) in [5.74, 6) is 0. The lowest BCUT2D eigenvalue weighted by atomic mass is 10.1. The minimum atomic E-state index is 0. The Kier molecular flexibility index (Phi) is 9.97.